The summed E-state index contributed by atoms with van der Waals surface area (Å²) in [5.41, 5.74) is 4.26. The molecule has 9 nitrogen and oxygen atoms in total. The number of amides is 1. The molecule has 0 saturated heterocycles. The van der Waals surface area contributed by atoms with Crippen LogP contribution in [-0.4, -0.2) is 48.8 Å². The SMILES string of the molecule is CS(=O)(=O)CCNC(=O)c1oc2cnccc2c1Nc1ccc2c(c1)CC/C2=N\O. The maximum absolute atomic E-state index is 12.7. The van der Waals surface area contributed by atoms with Gasteiger partial charge in [-0.3, -0.25) is 9.78 Å². The minimum Gasteiger partial charge on any atom is -0.447 e. The highest BCUT2D eigenvalue weighted by atomic mass is 32.2. The molecule has 3 N–H and O–H groups in total. The molecule has 1 aliphatic rings. The van der Waals surface area contributed by atoms with E-state index in [1.54, 1.807) is 12.3 Å². The molecule has 3 aromatic rings. The number of aryl methyl sites for hydroxylation is 1. The highest BCUT2D eigenvalue weighted by Crippen LogP contribution is 2.34. The number of oxime groups is 1. The van der Waals surface area contributed by atoms with Crippen LogP contribution in [0.2, 0.25) is 0 Å². The van der Waals surface area contributed by atoms with Gasteiger partial charge in [-0.15, -0.1) is 0 Å². The molecular formula is C20H20N4O5S. The Morgan fingerprint density at radius 1 is 1.30 bits per heavy atom. The number of nitrogens with one attached hydrogen (secondary N) is 2. The molecule has 0 atom stereocenters. The van der Waals surface area contributed by atoms with Crippen LogP contribution >= 0.6 is 0 Å². The topological polar surface area (TPSA) is 134 Å². The van der Waals surface area contributed by atoms with E-state index in [2.05, 4.69) is 20.8 Å². The number of hydrogen-bond donors (Lipinski definition) is 3. The van der Waals surface area contributed by atoms with E-state index in [9.17, 15) is 13.2 Å². The Labute approximate surface area is 172 Å². The summed E-state index contributed by atoms with van der Waals surface area (Å²) in [6, 6.07) is 7.38. The predicted octanol–water partition coefficient (Wildman–Crippen LogP) is 2.47. The summed E-state index contributed by atoms with van der Waals surface area (Å²) in [5.74, 6) is -0.638. The van der Waals surface area contributed by atoms with Gasteiger partial charge in [0.25, 0.3) is 5.91 Å². The fraction of sp³-hybridized carbons (Fsp3) is 0.250. The number of pyridine rings is 1. The molecule has 1 aromatic carbocycles. The van der Waals surface area contributed by atoms with Crippen LogP contribution in [0.1, 0.15) is 28.1 Å². The number of furan rings is 1. The molecule has 1 amide bonds. The predicted molar refractivity (Wildman–Crippen MR) is 112 cm³/mol. The Morgan fingerprint density at radius 3 is 2.90 bits per heavy atom. The number of aromatic nitrogens is 1. The molecule has 30 heavy (non-hydrogen) atoms. The maximum Gasteiger partial charge on any atom is 0.289 e. The molecule has 10 heteroatoms. The van der Waals surface area contributed by atoms with Crippen LogP contribution in [0.3, 0.4) is 0 Å². The first-order valence-electron chi connectivity index (χ1n) is 9.29. The highest BCUT2D eigenvalue weighted by molar-refractivity contribution is 7.90. The quantitative estimate of drug-likeness (QED) is 0.406. The second-order valence-corrected chi connectivity index (χ2v) is 9.37. The van der Waals surface area contributed by atoms with E-state index < -0.39 is 15.7 Å². The zero-order valence-corrected chi connectivity index (χ0v) is 17.0. The lowest BCUT2D eigenvalue weighted by Gasteiger charge is -2.09. The van der Waals surface area contributed by atoms with Gasteiger partial charge in [-0.05, 0) is 36.6 Å². The standard InChI is InChI=1S/C20H20N4O5S/c1-30(27,28)9-8-22-20(25)19-18(15-6-7-21-11-17(15)29-19)23-13-3-4-14-12(10-13)2-5-16(14)24-26/h3-4,6-7,10-11,23,26H,2,5,8-9H2,1H3,(H,22,25)/b24-16+. The monoisotopic (exact) mass is 428 g/mol. The average Bonchev–Trinajstić information content (AvgIpc) is 3.28. The van der Waals surface area contributed by atoms with Crippen molar-refractivity contribution < 1.29 is 22.8 Å². The number of carbonyl (C=O) groups is 1. The van der Waals surface area contributed by atoms with Crippen molar-refractivity contribution in [3.63, 3.8) is 0 Å². The molecule has 156 valence electrons. The molecule has 0 radical (unpaired) electrons. The summed E-state index contributed by atoms with van der Waals surface area (Å²) in [6.45, 7) is -0.0193. The minimum absolute atomic E-state index is 0.0193. The number of benzene rings is 1. The molecule has 2 aromatic heterocycles. The van der Waals surface area contributed by atoms with E-state index in [1.165, 1.54) is 6.20 Å². The van der Waals surface area contributed by atoms with Crippen molar-refractivity contribution >= 4 is 43.8 Å². The van der Waals surface area contributed by atoms with Crippen LogP contribution in [-0.2, 0) is 16.3 Å². The fourth-order valence-corrected chi connectivity index (χ4v) is 3.93. The summed E-state index contributed by atoms with van der Waals surface area (Å²) in [4.78, 5) is 16.7. The largest absolute Gasteiger partial charge is 0.447 e. The van der Waals surface area contributed by atoms with E-state index in [0.717, 1.165) is 29.5 Å². The molecule has 0 unspecified atom stereocenters. The van der Waals surface area contributed by atoms with E-state index in [0.29, 0.717) is 28.8 Å². The first kappa shape index (κ1) is 19.9. The first-order valence-corrected chi connectivity index (χ1v) is 11.4. The van der Waals surface area contributed by atoms with Gasteiger partial charge in [0.1, 0.15) is 9.84 Å². The van der Waals surface area contributed by atoms with Gasteiger partial charge in [-0.25, -0.2) is 8.42 Å². The molecule has 0 aliphatic heterocycles. The van der Waals surface area contributed by atoms with E-state index in [1.807, 2.05) is 18.2 Å². The molecule has 4 rings (SSSR count). The Balaban J connectivity index is 1.65. The second kappa shape index (κ2) is 7.79. The lowest BCUT2D eigenvalue weighted by atomic mass is 10.1. The van der Waals surface area contributed by atoms with Crippen molar-refractivity contribution in [2.24, 2.45) is 5.16 Å². The van der Waals surface area contributed by atoms with Gasteiger partial charge >= 0.3 is 0 Å². The summed E-state index contributed by atoms with van der Waals surface area (Å²) in [5, 5.41) is 18.9. The number of fused-ring (bicyclic) bond motifs is 2. The normalized spacial score (nSPS) is 14.8. The third-order valence-corrected chi connectivity index (χ3v) is 5.84. The zero-order chi connectivity index (χ0) is 21.3. The number of carbonyl (C=O) groups excluding carboxylic acids is 1. The zero-order valence-electron chi connectivity index (χ0n) is 16.2. The van der Waals surface area contributed by atoms with E-state index >= 15 is 0 Å². The van der Waals surface area contributed by atoms with Crippen LogP contribution in [0.15, 0.2) is 46.2 Å². The Bertz CT molecular complexity index is 1260. The van der Waals surface area contributed by atoms with Gasteiger partial charge in [-0.1, -0.05) is 11.2 Å². The van der Waals surface area contributed by atoms with Crippen molar-refractivity contribution in [3.8, 4) is 0 Å². The second-order valence-electron chi connectivity index (χ2n) is 7.11. The lowest BCUT2D eigenvalue weighted by molar-refractivity contribution is 0.0932. The molecule has 0 bridgehead atoms. The maximum atomic E-state index is 12.7. The number of nitrogens with zero attached hydrogens (tertiary/aromatic N) is 2. The number of sulfone groups is 1. The van der Waals surface area contributed by atoms with Crippen LogP contribution in [0.25, 0.3) is 11.0 Å². The van der Waals surface area contributed by atoms with Crippen LogP contribution in [0, 0.1) is 0 Å². The smallest absolute Gasteiger partial charge is 0.289 e. The summed E-state index contributed by atoms with van der Waals surface area (Å²) < 4.78 is 28.3. The number of anilines is 2. The van der Waals surface area contributed by atoms with Gasteiger partial charge in [0, 0.05) is 35.6 Å². The van der Waals surface area contributed by atoms with Crippen molar-refractivity contribution in [1.29, 1.82) is 0 Å². The highest BCUT2D eigenvalue weighted by Gasteiger charge is 2.23. The first-order chi connectivity index (χ1) is 14.4. The van der Waals surface area contributed by atoms with Gasteiger partial charge in [0.2, 0.25) is 5.76 Å². The summed E-state index contributed by atoms with van der Waals surface area (Å²) >= 11 is 0. The van der Waals surface area contributed by atoms with Gasteiger partial charge in [0.15, 0.2) is 5.58 Å². The Morgan fingerprint density at radius 2 is 2.13 bits per heavy atom. The van der Waals surface area contributed by atoms with Crippen LogP contribution in [0.5, 0.6) is 0 Å². The lowest BCUT2D eigenvalue weighted by Crippen LogP contribution is -2.28. The molecular weight excluding hydrogens is 408 g/mol. The van der Waals surface area contributed by atoms with Gasteiger partial charge < -0.3 is 20.3 Å². The van der Waals surface area contributed by atoms with Gasteiger partial charge in [-0.2, -0.15) is 0 Å². The summed E-state index contributed by atoms with van der Waals surface area (Å²) in [7, 11) is -3.20. The third-order valence-electron chi connectivity index (χ3n) is 4.89. The average molecular weight is 428 g/mol. The van der Waals surface area contributed by atoms with E-state index in [-0.39, 0.29) is 18.1 Å². The van der Waals surface area contributed by atoms with E-state index in [4.69, 9.17) is 9.62 Å². The molecule has 2 heterocycles. The molecule has 1 aliphatic carbocycles. The fourth-order valence-electron chi connectivity index (χ4n) is 3.46. The number of rotatable bonds is 6. The molecule has 0 spiro atoms. The van der Waals surface area contributed by atoms with Crippen molar-refractivity contribution in [3.05, 3.63) is 53.5 Å². The summed E-state index contributed by atoms with van der Waals surface area (Å²) in [6.07, 6.45) is 5.66. The van der Waals surface area contributed by atoms with Crippen molar-refractivity contribution in [2.75, 3.05) is 23.9 Å². The number of hydrogen-bond acceptors (Lipinski definition) is 8. The Kier molecular flexibility index (Phi) is 5.17. The van der Waals surface area contributed by atoms with Crippen LogP contribution < -0.4 is 10.6 Å². The Hall–Kier alpha value is -3.40. The van der Waals surface area contributed by atoms with Crippen molar-refractivity contribution in [1.82, 2.24) is 10.3 Å². The van der Waals surface area contributed by atoms with Gasteiger partial charge in [0.05, 0.1) is 23.3 Å². The third kappa shape index (κ3) is 3.99. The van der Waals surface area contributed by atoms with Crippen molar-refractivity contribution in [2.45, 2.75) is 12.8 Å². The molecule has 0 saturated carbocycles. The van der Waals surface area contributed by atoms with Crippen LogP contribution in [0.4, 0.5) is 11.4 Å². The molecule has 0 fully saturated rings. The minimum atomic E-state index is -3.20.